The van der Waals surface area contributed by atoms with Gasteiger partial charge in [-0.1, -0.05) is 39.0 Å². The normalized spacial score (nSPS) is 11.4. The number of rotatable bonds is 43. The summed E-state index contributed by atoms with van der Waals surface area (Å²) in [7, 11) is 0. The maximum absolute atomic E-state index is 11.7. The fourth-order valence-electron chi connectivity index (χ4n) is 3.80. The van der Waals surface area contributed by atoms with Gasteiger partial charge in [0, 0.05) is 6.42 Å². The topological polar surface area (TPSA) is 165 Å². The Labute approximate surface area is 293 Å². The third-order valence-corrected chi connectivity index (χ3v) is 6.41. The molecule has 0 aromatic rings. The van der Waals surface area contributed by atoms with Crippen LogP contribution in [0.2, 0.25) is 0 Å². The molecule has 0 bridgehead atoms. The molecule has 49 heavy (non-hydrogen) atoms. The number of carbonyl (C=O) groups is 2. The molecule has 0 unspecified atom stereocenters. The van der Waals surface area contributed by atoms with Gasteiger partial charge in [-0.05, 0) is 6.42 Å². The van der Waals surface area contributed by atoms with Crippen LogP contribution < -0.4 is 0 Å². The lowest BCUT2D eigenvalue weighted by atomic mass is 10.1. The summed E-state index contributed by atoms with van der Waals surface area (Å²) in [5.41, 5.74) is 0. The molecule has 0 atom stereocenters. The second-order valence-corrected chi connectivity index (χ2v) is 10.6. The number of carboxylic acid groups (broad SMARTS) is 1. The average molecular weight is 715 g/mol. The summed E-state index contributed by atoms with van der Waals surface area (Å²) < 4.78 is 64.6. The highest BCUT2D eigenvalue weighted by molar-refractivity contribution is 5.69. The minimum absolute atomic E-state index is 0.00473. The van der Waals surface area contributed by atoms with Gasteiger partial charge in [0.15, 0.2) is 0 Å². The SMILES string of the molecule is CCCCCCCCC(=O)OCCOCCOCCOCCOCCOCCOCCOCCOCCOCCOCCOCCC(=O)O. The smallest absolute Gasteiger partial charge is 0.305 e. The summed E-state index contributed by atoms with van der Waals surface area (Å²) in [6, 6.07) is 0. The molecular formula is C34H66O15. The highest BCUT2D eigenvalue weighted by Gasteiger charge is 2.03. The van der Waals surface area contributed by atoms with Crippen molar-refractivity contribution in [1.29, 1.82) is 0 Å². The summed E-state index contributed by atoms with van der Waals surface area (Å²) in [5.74, 6) is -1.02. The number of esters is 1. The van der Waals surface area contributed by atoms with Crippen LogP contribution in [0, 0.1) is 0 Å². The Morgan fingerprint density at radius 2 is 0.612 bits per heavy atom. The van der Waals surface area contributed by atoms with Gasteiger partial charge in [-0.15, -0.1) is 0 Å². The van der Waals surface area contributed by atoms with E-state index < -0.39 is 5.97 Å². The maximum Gasteiger partial charge on any atom is 0.305 e. The van der Waals surface area contributed by atoms with Crippen molar-refractivity contribution in [1.82, 2.24) is 0 Å². The number of hydrogen-bond acceptors (Lipinski definition) is 14. The van der Waals surface area contributed by atoms with Gasteiger partial charge in [0.2, 0.25) is 0 Å². The third kappa shape index (κ3) is 44.5. The number of unbranched alkanes of at least 4 members (excludes halogenated alkanes) is 5. The van der Waals surface area contributed by atoms with E-state index in [4.69, 9.17) is 61.9 Å². The molecule has 0 aromatic carbocycles. The molecule has 15 heteroatoms. The van der Waals surface area contributed by atoms with E-state index in [9.17, 15) is 9.59 Å². The Hall–Kier alpha value is -1.50. The van der Waals surface area contributed by atoms with Crippen LogP contribution in [0.3, 0.4) is 0 Å². The maximum atomic E-state index is 11.7. The minimum Gasteiger partial charge on any atom is -0.481 e. The fraction of sp³-hybridized carbons (Fsp3) is 0.941. The highest BCUT2D eigenvalue weighted by Crippen LogP contribution is 2.07. The fourth-order valence-corrected chi connectivity index (χ4v) is 3.80. The molecule has 0 aromatic heterocycles. The first-order valence-corrected chi connectivity index (χ1v) is 17.9. The van der Waals surface area contributed by atoms with Gasteiger partial charge in [-0.2, -0.15) is 0 Å². The van der Waals surface area contributed by atoms with E-state index in [1.807, 2.05) is 0 Å². The Balaban J connectivity index is 3.09. The summed E-state index contributed by atoms with van der Waals surface area (Å²) in [6.07, 6.45) is 7.39. The molecule has 0 aliphatic rings. The zero-order chi connectivity index (χ0) is 35.6. The molecule has 0 saturated heterocycles. The summed E-state index contributed by atoms with van der Waals surface area (Å²) in [6.45, 7) is 12.4. The zero-order valence-electron chi connectivity index (χ0n) is 30.1. The van der Waals surface area contributed by atoms with E-state index in [1.54, 1.807) is 0 Å². The van der Waals surface area contributed by atoms with Crippen LogP contribution in [0.5, 0.6) is 0 Å². The predicted molar refractivity (Wildman–Crippen MR) is 180 cm³/mol. The molecular weight excluding hydrogens is 648 g/mol. The summed E-state index contributed by atoms with van der Waals surface area (Å²) >= 11 is 0. The van der Waals surface area contributed by atoms with Crippen molar-refractivity contribution in [2.75, 3.05) is 152 Å². The molecule has 292 valence electrons. The molecule has 0 radical (unpaired) electrons. The number of carboxylic acids is 1. The largest absolute Gasteiger partial charge is 0.481 e. The predicted octanol–water partition coefficient (Wildman–Crippen LogP) is 2.94. The van der Waals surface area contributed by atoms with Crippen molar-refractivity contribution in [3.05, 3.63) is 0 Å². The number of hydrogen-bond donors (Lipinski definition) is 1. The van der Waals surface area contributed by atoms with Crippen LogP contribution in [0.25, 0.3) is 0 Å². The molecule has 0 fully saturated rings. The van der Waals surface area contributed by atoms with Gasteiger partial charge in [-0.3, -0.25) is 9.59 Å². The highest BCUT2D eigenvalue weighted by atomic mass is 16.6. The second-order valence-electron chi connectivity index (χ2n) is 10.6. The Morgan fingerprint density at radius 3 is 0.918 bits per heavy atom. The quantitative estimate of drug-likeness (QED) is 0.0724. The van der Waals surface area contributed by atoms with Crippen molar-refractivity contribution in [3.8, 4) is 0 Å². The standard InChI is InChI=1S/C34H66O15/c1-2-3-4-5-6-7-8-34(37)49-32-31-48-30-29-47-28-27-46-26-25-45-24-23-44-22-21-43-20-19-42-18-17-41-16-15-40-14-13-39-12-11-38-10-9-33(35)36/h2-32H2,1H3,(H,35,36). The van der Waals surface area contributed by atoms with Crippen molar-refractivity contribution in [2.45, 2.75) is 58.3 Å². The Bertz CT molecular complexity index is 671. The first-order valence-electron chi connectivity index (χ1n) is 17.9. The van der Waals surface area contributed by atoms with E-state index in [2.05, 4.69) is 6.92 Å². The van der Waals surface area contributed by atoms with E-state index in [0.29, 0.717) is 145 Å². The molecule has 0 rings (SSSR count). The van der Waals surface area contributed by atoms with Gasteiger partial charge >= 0.3 is 11.9 Å². The Morgan fingerprint density at radius 1 is 0.347 bits per heavy atom. The van der Waals surface area contributed by atoms with Crippen molar-refractivity contribution in [3.63, 3.8) is 0 Å². The molecule has 0 amide bonds. The van der Waals surface area contributed by atoms with Crippen molar-refractivity contribution < 1.29 is 71.5 Å². The van der Waals surface area contributed by atoms with Crippen LogP contribution in [-0.2, 0) is 66.4 Å². The number of carbonyl (C=O) groups excluding carboxylic acids is 1. The lowest BCUT2D eigenvalue weighted by Crippen LogP contribution is -2.15. The van der Waals surface area contributed by atoms with Crippen LogP contribution in [0.15, 0.2) is 0 Å². The lowest BCUT2D eigenvalue weighted by molar-refractivity contribution is -0.145. The van der Waals surface area contributed by atoms with Crippen LogP contribution in [-0.4, -0.2) is 169 Å². The van der Waals surface area contributed by atoms with Crippen LogP contribution >= 0.6 is 0 Å². The van der Waals surface area contributed by atoms with E-state index in [0.717, 1.165) is 12.8 Å². The minimum atomic E-state index is -0.876. The third-order valence-electron chi connectivity index (χ3n) is 6.41. The van der Waals surface area contributed by atoms with Crippen molar-refractivity contribution in [2.24, 2.45) is 0 Å². The first-order chi connectivity index (χ1) is 24.2. The first kappa shape index (κ1) is 47.5. The molecule has 1 N–H and O–H groups in total. The monoisotopic (exact) mass is 714 g/mol. The molecule has 0 aliphatic heterocycles. The van der Waals surface area contributed by atoms with Crippen LogP contribution in [0.4, 0.5) is 0 Å². The Kier molecular flexibility index (Phi) is 41.4. The molecule has 0 heterocycles. The van der Waals surface area contributed by atoms with Gasteiger partial charge in [0.1, 0.15) is 6.61 Å². The molecule has 0 saturated carbocycles. The van der Waals surface area contributed by atoms with Gasteiger partial charge in [0.05, 0.1) is 152 Å². The van der Waals surface area contributed by atoms with E-state index in [-0.39, 0.29) is 25.6 Å². The van der Waals surface area contributed by atoms with Gasteiger partial charge in [-0.25, -0.2) is 0 Å². The lowest BCUT2D eigenvalue weighted by Gasteiger charge is -2.09. The number of aliphatic carboxylic acids is 1. The summed E-state index contributed by atoms with van der Waals surface area (Å²) in [5, 5.41) is 8.49. The molecule has 0 aliphatic carbocycles. The summed E-state index contributed by atoms with van der Waals surface area (Å²) in [4.78, 5) is 22.0. The van der Waals surface area contributed by atoms with E-state index in [1.165, 1.54) is 25.7 Å². The van der Waals surface area contributed by atoms with E-state index >= 15 is 0 Å². The second kappa shape index (κ2) is 42.7. The van der Waals surface area contributed by atoms with Crippen LogP contribution in [0.1, 0.15) is 58.3 Å². The molecule has 15 nitrogen and oxygen atoms in total. The van der Waals surface area contributed by atoms with Gasteiger partial charge < -0.3 is 61.9 Å². The zero-order valence-corrected chi connectivity index (χ0v) is 30.1. The molecule has 0 spiro atoms. The van der Waals surface area contributed by atoms with Gasteiger partial charge in [0.25, 0.3) is 0 Å². The van der Waals surface area contributed by atoms with Crippen molar-refractivity contribution >= 4 is 11.9 Å². The number of ether oxygens (including phenoxy) is 12. The average Bonchev–Trinajstić information content (AvgIpc) is 3.09.